The van der Waals surface area contributed by atoms with Crippen molar-refractivity contribution in [2.45, 2.75) is 19.9 Å². The molecule has 4 aromatic rings. The van der Waals surface area contributed by atoms with E-state index in [1.165, 1.54) is 0 Å². The zero-order chi connectivity index (χ0) is 18.1. The summed E-state index contributed by atoms with van der Waals surface area (Å²) in [5.74, 6) is 1.73. The molecule has 0 amide bonds. The number of hydrogen-bond donors (Lipinski definition) is 1. The number of aromatic nitrogens is 5. The Kier molecular flexibility index (Phi) is 4.04. The van der Waals surface area contributed by atoms with E-state index in [9.17, 15) is 0 Å². The molecule has 3 aromatic heterocycles. The van der Waals surface area contributed by atoms with Crippen LogP contribution in [-0.4, -0.2) is 31.5 Å². The van der Waals surface area contributed by atoms with Gasteiger partial charge in [-0.05, 0) is 38.1 Å². The van der Waals surface area contributed by atoms with Crippen LogP contribution in [0.5, 0.6) is 5.75 Å². The summed E-state index contributed by atoms with van der Waals surface area (Å²) >= 11 is 0. The molecule has 0 aliphatic carbocycles. The van der Waals surface area contributed by atoms with Crippen LogP contribution in [0.15, 0.2) is 55.0 Å². The van der Waals surface area contributed by atoms with Gasteiger partial charge in [0, 0.05) is 29.6 Å². The number of benzene rings is 1. The molecule has 1 N–H and O–H groups in total. The van der Waals surface area contributed by atoms with Crippen LogP contribution in [0, 0.1) is 6.92 Å². The lowest BCUT2D eigenvalue weighted by Gasteiger charge is -2.15. The summed E-state index contributed by atoms with van der Waals surface area (Å²) in [5, 5.41) is 12.3. The van der Waals surface area contributed by atoms with E-state index >= 15 is 0 Å². The second-order valence-corrected chi connectivity index (χ2v) is 6.17. The van der Waals surface area contributed by atoms with Gasteiger partial charge in [0.05, 0.1) is 31.2 Å². The fourth-order valence-electron chi connectivity index (χ4n) is 2.88. The molecule has 0 unspecified atom stereocenters. The average Bonchev–Trinajstić information content (AvgIpc) is 3.31. The number of fused-ring (bicyclic) bond motifs is 1. The predicted molar refractivity (Wildman–Crippen MR) is 99.9 cm³/mol. The summed E-state index contributed by atoms with van der Waals surface area (Å²) in [7, 11) is 1.66. The Bertz CT molecular complexity index is 1030. The van der Waals surface area contributed by atoms with Crippen LogP contribution < -0.4 is 10.1 Å². The molecule has 0 fully saturated rings. The molecule has 1 atom stereocenters. The highest BCUT2D eigenvalue weighted by atomic mass is 16.5. The molecule has 26 heavy (non-hydrogen) atoms. The topological polar surface area (TPSA) is 69.3 Å². The zero-order valence-electron chi connectivity index (χ0n) is 14.9. The van der Waals surface area contributed by atoms with Crippen molar-refractivity contribution in [2.24, 2.45) is 0 Å². The first-order valence-electron chi connectivity index (χ1n) is 8.41. The predicted octanol–water partition coefficient (Wildman–Crippen LogP) is 3.41. The van der Waals surface area contributed by atoms with Crippen LogP contribution >= 0.6 is 0 Å². The summed E-state index contributed by atoms with van der Waals surface area (Å²) in [5.41, 5.74) is 3.84. The summed E-state index contributed by atoms with van der Waals surface area (Å²) in [6.45, 7) is 4.07. The average molecular weight is 348 g/mol. The van der Waals surface area contributed by atoms with E-state index in [1.807, 2.05) is 60.4 Å². The molecule has 7 nitrogen and oxygen atoms in total. The molecule has 0 aliphatic heterocycles. The number of hydrogen-bond acceptors (Lipinski definition) is 5. The maximum Gasteiger partial charge on any atom is 0.157 e. The van der Waals surface area contributed by atoms with Gasteiger partial charge < -0.3 is 10.1 Å². The fourth-order valence-corrected chi connectivity index (χ4v) is 2.88. The molecule has 1 aromatic carbocycles. The quantitative estimate of drug-likeness (QED) is 0.598. The third-order valence-corrected chi connectivity index (χ3v) is 4.29. The molecule has 0 radical (unpaired) electrons. The third-order valence-electron chi connectivity index (χ3n) is 4.29. The lowest BCUT2D eigenvalue weighted by Crippen LogP contribution is -2.10. The van der Waals surface area contributed by atoms with Gasteiger partial charge in [-0.15, -0.1) is 0 Å². The van der Waals surface area contributed by atoms with Crippen LogP contribution in [0.1, 0.15) is 24.2 Å². The van der Waals surface area contributed by atoms with Gasteiger partial charge in [-0.1, -0.05) is 0 Å². The Hall–Kier alpha value is -3.35. The van der Waals surface area contributed by atoms with Crippen molar-refractivity contribution in [1.82, 2.24) is 24.4 Å². The standard InChI is InChI=1S/C19H20N6O/c1-13-10-19(25-18(22-13)8-9-20-25)23-14(2)15-11-21-24(12-15)16-4-6-17(26-3)7-5-16/h4-12,14,23H,1-3H3/t14-/m1/s1. The molecule has 4 rings (SSSR count). The Labute approximate surface area is 151 Å². The van der Waals surface area contributed by atoms with E-state index in [-0.39, 0.29) is 6.04 Å². The molecule has 0 saturated heterocycles. The number of nitrogens with one attached hydrogen (secondary N) is 1. The SMILES string of the molecule is COc1ccc(-n2cc([C@@H](C)Nc3cc(C)nc4ccnn34)cn2)cc1. The summed E-state index contributed by atoms with van der Waals surface area (Å²) in [4.78, 5) is 4.47. The second-order valence-electron chi connectivity index (χ2n) is 6.17. The summed E-state index contributed by atoms with van der Waals surface area (Å²) in [6.07, 6.45) is 5.64. The molecule has 3 heterocycles. The molecular weight excluding hydrogens is 328 g/mol. The van der Waals surface area contributed by atoms with Gasteiger partial charge in [0.1, 0.15) is 11.6 Å². The Morgan fingerprint density at radius 1 is 1.12 bits per heavy atom. The minimum absolute atomic E-state index is 0.0659. The molecule has 0 bridgehead atoms. The van der Waals surface area contributed by atoms with Crippen LogP contribution in [0.3, 0.4) is 0 Å². The third kappa shape index (κ3) is 2.99. The highest BCUT2D eigenvalue weighted by Gasteiger charge is 2.12. The molecular formula is C19H20N6O. The Morgan fingerprint density at radius 3 is 2.69 bits per heavy atom. The Morgan fingerprint density at radius 2 is 1.92 bits per heavy atom. The van der Waals surface area contributed by atoms with Crippen LogP contribution in [0.25, 0.3) is 11.3 Å². The zero-order valence-corrected chi connectivity index (χ0v) is 14.9. The van der Waals surface area contributed by atoms with Crippen molar-refractivity contribution < 1.29 is 4.74 Å². The number of rotatable bonds is 5. The lowest BCUT2D eigenvalue weighted by molar-refractivity contribution is 0.414. The smallest absolute Gasteiger partial charge is 0.157 e. The van der Waals surface area contributed by atoms with Crippen LogP contribution in [-0.2, 0) is 0 Å². The van der Waals surface area contributed by atoms with Crippen molar-refractivity contribution >= 4 is 11.5 Å². The molecule has 0 spiro atoms. The summed E-state index contributed by atoms with van der Waals surface area (Å²) < 4.78 is 8.86. The number of methoxy groups -OCH3 is 1. The lowest BCUT2D eigenvalue weighted by atomic mass is 10.2. The molecule has 0 saturated carbocycles. The van der Waals surface area contributed by atoms with Gasteiger partial charge in [-0.2, -0.15) is 14.7 Å². The first-order chi connectivity index (χ1) is 12.6. The van der Waals surface area contributed by atoms with Crippen molar-refractivity contribution in [3.8, 4) is 11.4 Å². The van der Waals surface area contributed by atoms with Crippen LogP contribution in [0.4, 0.5) is 5.82 Å². The maximum atomic E-state index is 5.20. The number of ether oxygens (including phenoxy) is 1. The second kappa shape index (κ2) is 6.51. The van der Waals surface area contributed by atoms with Crippen molar-refractivity contribution in [3.05, 3.63) is 66.2 Å². The van der Waals surface area contributed by atoms with E-state index in [2.05, 4.69) is 27.4 Å². The van der Waals surface area contributed by atoms with Gasteiger partial charge in [-0.25, -0.2) is 9.67 Å². The van der Waals surface area contributed by atoms with Gasteiger partial charge in [0.25, 0.3) is 0 Å². The number of aryl methyl sites for hydroxylation is 1. The molecule has 7 heteroatoms. The van der Waals surface area contributed by atoms with Gasteiger partial charge in [0.2, 0.25) is 0 Å². The van der Waals surface area contributed by atoms with Crippen molar-refractivity contribution in [2.75, 3.05) is 12.4 Å². The van der Waals surface area contributed by atoms with E-state index < -0.39 is 0 Å². The molecule has 0 aliphatic rings. The van der Waals surface area contributed by atoms with Crippen molar-refractivity contribution in [3.63, 3.8) is 0 Å². The highest BCUT2D eigenvalue weighted by Crippen LogP contribution is 2.21. The minimum Gasteiger partial charge on any atom is -0.497 e. The summed E-state index contributed by atoms with van der Waals surface area (Å²) in [6, 6.07) is 11.8. The molecule has 132 valence electrons. The normalized spacial score (nSPS) is 12.3. The first kappa shape index (κ1) is 16.1. The van der Waals surface area contributed by atoms with Crippen molar-refractivity contribution in [1.29, 1.82) is 0 Å². The van der Waals surface area contributed by atoms with E-state index in [0.717, 1.165) is 34.2 Å². The first-order valence-corrected chi connectivity index (χ1v) is 8.41. The van der Waals surface area contributed by atoms with E-state index in [1.54, 1.807) is 17.8 Å². The van der Waals surface area contributed by atoms with Gasteiger partial charge >= 0.3 is 0 Å². The van der Waals surface area contributed by atoms with E-state index in [4.69, 9.17) is 4.74 Å². The minimum atomic E-state index is 0.0659. The number of nitrogens with zero attached hydrogens (tertiary/aromatic N) is 5. The number of anilines is 1. The maximum absolute atomic E-state index is 5.20. The fraction of sp³-hybridized carbons (Fsp3) is 0.211. The largest absolute Gasteiger partial charge is 0.497 e. The monoisotopic (exact) mass is 348 g/mol. The van der Waals surface area contributed by atoms with E-state index in [0.29, 0.717) is 0 Å². The van der Waals surface area contributed by atoms with Gasteiger partial charge in [-0.3, -0.25) is 0 Å². The highest BCUT2D eigenvalue weighted by molar-refractivity contribution is 5.50. The van der Waals surface area contributed by atoms with Crippen LogP contribution in [0.2, 0.25) is 0 Å². The Balaban J connectivity index is 1.57. The van der Waals surface area contributed by atoms with Gasteiger partial charge in [0.15, 0.2) is 5.65 Å².